The molecule has 20 heteroatoms. The maximum atomic E-state index is 7.48. The van der Waals surface area contributed by atoms with Crippen LogP contribution in [0.3, 0.4) is 0 Å². The first-order valence-electron chi connectivity index (χ1n) is 19.7. The van der Waals surface area contributed by atoms with Gasteiger partial charge < -0.3 is 42.4 Å². The van der Waals surface area contributed by atoms with Crippen molar-refractivity contribution in [1.29, 1.82) is 0 Å². The van der Waals surface area contributed by atoms with Crippen molar-refractivity contribution in [3.8, 4) is 0 Å². The molecule has 0 aromatic heterocycles. The van der Waals surface area contributed by atoms with Gasteiger partial charge in [0.15, 0.2) is 33.3 Å². The summed E-state index contributed by atoms with van der Waals surface area (Å²) in [6.45, 7) is 48.7. The fourth-order valence-corrected chi connectivity index (χ4v) is 57.2. The molecule has 0 spiro atoms. The Hall–Kier alpha value is 1.77. The van der Waals surface area contributed by atoms with E-state index in [9.17, 15) is 0 Å². The SMILES string of the molecule is CCCC[Si](C)(C)O[Si](C)(C)O[Si](C)(CC[Si](C)(O[Si](C)(C)C)O[Si](C)(CCCOCCOC)O[Si](C)(C)O[Si](C)(C)C)O[Si](C)(C)O[Si](C)(C)C. The molecule has 0 rings (SSSR count). The van der Waals surface area contributed by atoms with E-state index in [1.165, 1.54) is 12.8 Å². The van der Waals surface area contributed by atoms with Crippen molar-refractivity contribution in [2.45, 2.75) is 181 Å². The molecule has 0 aliphatic heterocycles. The first-order valence-corrected chi connectivity index (χ1v) is 49.0. The van der Waals surface area contributed by atoms with Crippen LogP contribution in [0.15, 0.2) is 0 Å². The van der Waals surface area contributed by atoms with Crippen molar-refractivity contribution in [3.05, 3.63) is 0 Å². The molecule has 0 saturated carbocycles. The molecular formula is C32H86O10Si10. The topological polar surface area (TPSA) is 92.3 Å². The predicted molar refractivity (Wildman–Crippen MR) is 245 cm³/mol. The van der Waals surface area contributed by atoms with Gasteiger partial charge in [0.05, 0.1) is 13.2 Å². The van der Waals surface area contributed by atoms with E-state index in [4.69, 9.17) is 42.4 Å². The number of rotatable bonds is 29. The van der Waals surface area contributed by atoms with Crippen molar-refractivity contribution >= 4 is 84.6 Å². The van der Waals surface area contributed by atoms with E-state index in [-0.39, 0.29) is 0 Å². The summed E-state index contributed by atoms with van der Waals surface area (Å²) >= 11 is 0. The van der Waals surface area contributed by atoms with Crippen molar-refractivity contribution in [2.24, 2.45) is 0 Å². The molecule has 0 aliphatic rings. The van der Waals surface area contributed by atoms with Gasteiger partial charge in [0, 0.05) is 13.7 Å². The molecule has 0 saturated heterocycles. The summed E-state index contributed by atoms with van der Waals surface area (Å²) in [5.41, 5.74) is 0. The molecular weight excluding hydrogens is 825 g/mol. The highest BCUT2D eigenvalue weighted by molar-refractivity contribution is 6.93. The van der Waals surface area contributed by atoms with Crippen LogP contribution >= 0.6 is 0 Å². The number of unbranched alkanes of at least 4 members (excludes halogenated alkanes) is 1. The van der Waals surface area contributed by atoms with Crippen molar-refractivity contribution in [1.82, 2.24) is 0 Å². The normalized spacial score (nSPS) is 17.9. The van der Waals surface area contributed by atoms with Crippen LogP contribution in [0.4, 0.5) is 0 Å². The Morgan fingerprint density at radius 2 is 0.731 bits per heavy atom. The summed E-state index contributed by atoms with van der Waals surface area (Å²) in [5.74, 6) is 0. The minimum absolute atomic E-state index is 0.576. The highest BCUT2D eigenvalue weighted by Gasteiger charge is 2.53. The average Bonchev–Trinajstić information content (AvgIpc) is 2.82. The van der Waals surface area contributed by atoms with Gasteiger partial charge in [0.25, 0.3) is 0 Å². The molecule has 3 atom stereocenters. The Morgan fingerprint density at radius 3 is 1.12 bits per heavy atom. The maximum absolute atomic E-state index is 7.48. The van der Waals surface area contributed by atoms with Crippen LogP contribution in [0, 0.1) is 0 Å². The third kappa shape index (κ3) is 26.6. The summed E-state index contributed by atoms with van der Waals surface area (Å²) in [6, 6.07) is 3.40. The monoisotopic (exact) mass is 910 g/mol. The molecule has 0 radical (unpaired) electrons. The molecule has 0 bridgehead atoms. The summed E-state index contributed by atoms with van der Waals surface area (Å²) in [6.07, 6.45) is 3.19. The third-order valence-electron chi connectivity index (χ3n) is 7.48. The summed E-state index contributed by atoms with van der Waals surface area (Å²) in [5, 5.41) is 0. The number of hydrogen-bond acceptors (Lipinski definition) is 10. The summed E-state index contributed by atoms with van der Waals surface area (Å²) < 4.78 is 68.0. The fourth-order valence-electron chi connectivity index (χ4n) is 7.08. The van der Waals surface area contributed by atoms with E-state index < -0.39 is 84.6 Å². The molecule has 0 aliphatic carbocycles. The van der Waals surface area contributed by atoms with Gasteiger partial charge >= 0.3 is 51.4 Å². The van der Waals surface area contributed by atoms with Gasteiger partial charge in [-0.05, 0) is 162 Å². The average molecular weight is 912 g/mol. The fraction of sp³-hybridized carbons (Fsp3) is 1.00. The zero-order chi connectivity index (χ0) is 41.1. The third-order valence-corrected chi connectivity index (χ3v) is 44.8. The smallest absolute Gasteiger partial charge is 0.317 e. The van der Waals surface area contributed by atoms with Crippen LogP contribution in [0.25, 0.3) is 0 Å². The summed E-state index contributed by atoms with van der Waals surface area (Å²) in [4.78, 5) is 0. The Bertz CT molecular complexity index is 1040. The van der Waals surface area contributed by atoms with Gasteiger partial charge in [0.2, 0.25) is 0 Å². The van der Waals surface area contributed by atoms with E-state index in [0.717, 1.165) is 30.6 Å². The lowest BCUT2D eigenvalue weighted by Crippen LogP contribution is -2.62. The largest absolute Gasteiger partial charge is 0.437 e. The molecule has 52 heavy (non-hydrogen) atoms. The second-order valence-corrected chi connectivity index (χ2v) is 59.8. The lowest BCUT2D eigenvalue weighted by Gasteiger charge is -2.46. The standard InChI is InChI=1S/C32H86O10Si10/c1-23-24-29-46(12,13)38-49(18,19)41-52(22,40-48(16,17)36-44(6,7)8)32-31-51(21,37-45(9,10)11)42-50(20,30-25-26-34-28-27-33-2)39-47(14,15)35-43(3,4)5/h23-32H2,1-22H3. The Morgan fingerprint density at radius 1 is 0.346 bits per heavy atom. The number of hydrogen-bond donors (Lipinski definition) is 0. The van der Waals surface area contributed by atoms with Gasteiger partial charge in [-0.2, -0.15) is 0 Å². The molecule has 0 aromatic rings. The minimum atomic E-state index is -2.89. The first-order chi connectivity index (χ1) is 23.0. The summed E-state index contributed by atoms with van der Waals surface area (Å²) in [7, 11) is -22.3. The quantitative estimate of drug-likeness (QED) is 0.0534. The van der Waals surface area contributed by atoms with Crippen molar-refractivity contribution < 1.29 is 42.4 Å². The molecule has 314 valence electrons. The zero-order valence-electron chi connectivity index (χ0n) is 38.2. The van der Waals surface area contributed by atoms with Crippen LogP contribution in [-0.2, 0) is 42.4 Å². The highest BCUT2D eigenvalue weighted by atomic mass is 28.5. The lowest BCUT2D eigenvalue weighted by molar-refractivity contribution is 0.0702. The van der Waals surface area contributed by atoms with Crippen LogP contribution in [0.5, 0.6) is 0 Å². The molecule has 0 aromatic carbocycles. The minimum Gasteiger partial charge on any atom is -0.437 e. The van der Waals surface area contributed by atoms with Gasteiger partial charge in [-0.25, -0.2) is 0 Å². The Kier molecular flexibility index (Phi) is 21.9. The Labute approximate surface area is 333 Å². The molecule has 10 nitrogen and oxygen atoms in total. The van der Waals surface area contributed by atoms with Gasteiger partial charge in [-0.1, -0.05) is 19.8 Å². The number of methoxy groups -OCH3 is 1. The first kappa shape index (κ1) is 53.8. The second-order valence-electron chi connectivity index (χ2n) is 19.8. The van der Waals surface area contributed by atoms with Gasteiger partial charge in [0.1, 0.15) is 0 Å². The van der Waals surface area contributed by atoms with Gasteiger partial charge in [-0.3, -0.25) is 0 Å². The van der Waals surface area contributed by atoms with E-state index in [1.807, 2.05) is 0 Å². The number of ether oxygens (including phenoxy) is 2. The zero-order valence-corrected chi connectivity index (χ0v) is 48.2. The molecule has 0 amide bonds. The predicted octanol–water partition coefficient (Wildman–Crippen LogP) is 11.0. The van der Waals surface area contributed by atoms with Crippen LogP contribution < -0.4 is 0 Å². The molecule has 0 fully saturated rings. The van der Waals surface area contributed by atoms with E-state index in [1.54, 1.807) is 7.11 Å². The van der Waals surface area contributed by atoms with E-state index in [2.05, 4.69) is 138 Å². The van der Waals surface area contributed by atoms with Gasteiger partial charge in [-0.15, -0.1) is 0 Å². The van der Waals surface area contributed by atoms with E-state index in [0.29, 0.717) is 19.8 Å². The van der Waals surface area contributed by atoms with Crippen LogP contribution in [-0.4, -0.2) is 112 Å². The van der Waals surface area contributed by atoms with Crippen molar-refractivity contribution in [3.63, 3.8) is 0 Å². The maximum Gasteiger partial charge on any atom is 0.317 e. The lowest BCUT2D eigenvalue weighted by atomic mass is 10.4. The van der Waals surface area contributed by atoms with Crippen LogP contribution in [0.2, 0.25) is 155 Å². The van der Waals surface area contributed by atoms with Crippen LogP contribution in [0.1, 0.15) is 26.2 Å². The molecule has 0 heterocycles. The van der Waals surface area contributed by atoms with Crippen molar-refractivity contribution in [2.75, 3.05) is 26.9 Å². The Balaban J connectivity index is 6.82. The van der Waals surface area contributed by atoms with E-state index >= 15 is 0 Å². The molecule has 3 unspecified atom stereocenters. The molecule has 0 N–H and O–H groups in total. The second kappa shape index (κ2) is 21.2. The highest BCUT2D eigenvalue weighted by Crippen LogP contribution is 2.36.